The van der Waals surface area contributed by atoms with Crippen molar-refractivity contribution in [3.63, 3.8) is 0 Å². The van der Waals surface area contributed by atoms with Gasteiger partial charge in [-0.25, -0.2) is 0 Å². The van der Waals surface area contributed by atoms with Crippen molar-refractivity contribution in [3.05, 3.63) is 24.0 Å². The molecule has 0 saturated carbocycles. The van der Waals surface area contributed by atoms with E-state index in [9.17, 15) is 0 Å². The summed E-state index contributed by atoms with van der Waals surface area (Å²) in [5.74, 6) is 3.49. The third-order valence-electron chi connectivity index (χ3n) is 2.61. The number of hydrogen-bond donors (Lipinski definition) is 1. The number of rotatable bonds is 3. The van der Waals surface area contributed by atoms with Gasteiger partial charge in [0.05, 0.1) is 11.4 Å². The molecule has 0 aromatic carbocycles. The normalized spacial score (nSPS) is 21.1. The smallest absolute Gasteiger partial charge is 0.0603 e. The number of pyridine rings is 1. The SMILES string of the molecule is Cc1ncccc1NCC1CCSC1. The summed E-state index contributed by atoms with van der Waals surface area (Å²) in [5.41, 5.74) is 2.28. The number of nitrogens with one attached hydrogen (secondary N) is 1. The Balaban J connectivity index is 1.88. The lowest BCUT2D eigenvalue weighted by Crippen LogP contribution is -2.14. The van der Waals surface area contributed by atoms with Gasteiger partial charge < -0.3 is 5.32 Å². The van der Waals surface area contributed by atoms with Gasteiger partial charge in [-0.2, -0.15) is 11.8 Å². The van der Waals surface area contributed by atoms with Crippen LogP contribution in [0.1, 0.15) is 12.1 Å². The van der Waals surface area contributed by atoms with Crippen LogP contribution in [0.2, 0.25) is 0 Å². The van der Waals surface area contributed by atoms with Crippen LogP contribution in [-0.4, -0.2) is 23.0 Å². The van der Waals surface area contributed by atoms with Gasteiger partial charge in [-0.3, -0.25) is 4.98 Å². The number of hydrogen-bond acceptors (Lipinski definition) is 3. The minimum atomic E-state index is 0.847. The van der Waals surface area contributed by atoms with Crippen molar-refractivity contribution in [1.29, 1.82) is 0 Å². The highest BCUT2D eigenvalue weighted by Crippen LogP contribution is 2.23. The molecule has 0 radical (unpaired) electrons. The number of anilines is 1. The second-order valence-electron chi connectivity index (χ2n) is 3.75. The molecule has 1 fully saturated rings. The first-order chi connectivity index (χ1) is 6.86. The molecule has 0 amide bonds. The van der Waals surface area contributed by atoms with E-state index in [1.165, 1.54) is 23.6 Å². The van der Waals surface area contributed by atoms with Crippen LogP contribution in [0.3, 0.4) is 0 Å². The predicted octanol–water partition coefficient (Wildman–Crippen LogP) is 2.56. The predicted molar refractivity (Wildman–Crippen MR) is 62.9 cm³/mol. The van der Waals surface area contributed by atoms with Gasteiger partial charge in [-0.1, -0.05) is 0 Å². The lowest BCUT2D eigenvalue weighted by molar-refractivity contribution is 0.631. The summed E-state index contributed by atoms with van der Waals surface area (Å²) in [7, 11) is 0. The van der Waals surface area contributed by atoms with Crippen molar-refractivity contribution in [1.82, 2.24) is 4.98 Å². The molecule has 0 bridgehead atoms. The Bertz CT molecular complexity index is 295. The van der Waals surface area contributed by atoms with Crippen molar-refractivity contribution in [2.24, 2.45) is 5.92 Å². The van der Waals surface area contributed by atoms with E-state index in [4.69, 9.17) is 0 Å². The van der Waals surface area contributed by atoms with Crippen LogP contribution in [0.4, 0.5) is 5.69 Å². The highest BCUT2D eigenvalue weighted by molar-refractivity contribution is 7.99. The van der Waals surface area contributed by atoms with Gasteiger partial charge in [0.1, 0.15) is 0 Å². The molecule has 76 valence electrons. The van der Waals surface area contributed by atoms with Crippen LogP contribution >= 0.6 is 11.8 Å². The molecule has 1 aliphatic rings. The maximum absolute atomic E-state index is 4.26. The zero-order valence-corrected chi connectivity index (χ0v) is 9.31. The molecule has 1 aromatic heterocycles. The van der Waals surface area contributed by atoms with Gasteiger partial charge in [0.25, 0.3) is 0 Å². The molecule has 0 spiro atoms. The topological polar surface area (TPSA) is 24.9 Å². The number of thioether (sulfide) groups is 1. The average molecular weight is 208 g/mol. The Morgan fingerprint density at radius 3 is 3.29 bits per heavy atom. The molecule has 1 atom stereocenters. The third kappa shape index (κ3) is 2.41. The van der Waals surface area contributed by atoms with Crippen molar-refractivity contribution >= 4 is 17.4 Å². The lowest BCUT2D eigenvalue weighted by Gasteiger charge is -2.12. The molecule has 1 N–H and O–H groups in total. The van der Waals surface area contributed by atoms with E-state index in [1.807, 2.05) is 19.2 Å². The Morgan fingerprint density at radius 1 is 1.64 bits per heavy atom. The van der Waals surface area contributed by atoms with E-state index in [0.29, 0.717) is 0 Å². The molecular weight excluding hydrogens is 192 g/mol. The first-order valence-electron chi connectivity index (χ1n) is 5.09. The van der Waals surface area contributed by atoms with E-state index in [1.54, 1.807) is 0 Å². The van der Waals surface area contributed by atoms with Crippen LogP contribution in [0.15, 0.2) is 18.3 Å². The van der Waals surface area contributed by atoms with E-state index >= 15 is 0 Å². The Kier molecular flexibility index (Phi) is 3.30. The maximum Gasteiger partial charge on any atom is 0.0603 e. The summed E-state index contributed by atoms with van der Waals surface area (Å²) >= 11 is 2.07. The number of aromatic nitrogens is 1. The fourth-order valence-corrected chi connectivity index (χ4v) is 2.95. The fraction of sp³-hybridized carbons (Fsp3) is 0.545. The molecule has 2 heterocycles. The van der Waals surface area contributed by atoms with Crippen LogP contribution in [0.5, 0.6) is 0 Å². The highest BCUT2D eigenvalue weighted by atomic mass is 32.2. The molecular formula is C11H16N2S. The van der Waals surface area contributed by atoms with Crippen LogP contribution in [-0.2, 0) is 0 Å². The standard InChI is InChI=1S/C11H16N2S/c1-9-11(3-2-5-12-9)13-7-10-4-6-14-8-10/h2-3,5,10,13H,4,6-8H2,1H3. The number of nitrogens with zero attached hydrogens (tertiary/aromatic N) is 1. The summed E-state index contributed by atoms with van der Waals surface area (Å²) in [6.45, 7) is 3.14. The quantitative estimate of drug-likeness (QED) is 0.826. The van der Waals surface area contributed by atoms with Gasteiger partial charge in [-0.05, 0) is 42.9 Å². The van der Waals surface area contributed by atoms with Crippen LogP contribution in [0, 0.1) is 12.8 Å². The molecule has 0 aliphatic carbocycles. The third-order valence-corrected chi connectivity index (χ3v) is 3.84. The Morgan fingerprint density at radius 2 is 2.57 bits per heavy atom. The van der Waals surface area contributed by atoms with E-state index in [-0.39, 0.29) is 0 Å². The molecule has 1 aromatic rings. The molecule has 1 saturated heterocycles. The van der Waals surface area contributed by atoms with E-state index in [2.05, 4.69) is 28.1 Å². The van der Waals surface area contributed by atoms with Crippen molar-refractivity contribution in [3.8, 4) is 0 Å². The minimum Gasteiger partial charge on any atom is -0.383 e. The summed E-state index contributed by atoms with van der Waals surface area (Å²) in [5, 5.41) is 3.48. The van der Waals surface area contributed by atoms with Gasteiger partial charge in [-0.15, -0.1) is 0 Å². The van der Waals surface area contributed by atoms with Gasteiger partial charge in [0.15, 0.2) is 0 Å². The number of aryl methyl sites for hydroxylation is 1. The first-order valence-corrected chi connectivity index (χ1v) is 6.25. The molecule has 2 rings (SSSR count). The van der Waals surface area contributed by atoms with Gasteiger partial charge >= 0.3 is 0 Å². The molecule has 1 aliphatic heterocycles. The van der Waals surface area contributed by atoms with Crippen LogP contribution < -0.4 is 5.32 Å². The van der Waals surface area contributed by atoms with E-state index < -0.39 is 0 Å². The maximum atomic E-state index is 4.26. The summed E-state index contributed by atoms with van der Waals surface area (Å²) < 4.78 is 0. The van der Waals surface area contributed by atoms with E-state index in [0.717, 1.165) is 18.2 Å². The summed E-state index contributed by atoms with van der Waals surface area (Å²) in [6, 6.07) is 4.09. The lowest BCUT2D eigenvalue weighted by atomic mass is 10.1. The fourth-order valence-electron chi connectivity index (χ4n) is 1.67. The van der Waals surface area contributed by atoms with Gasteiger partial charge in [0, 0.05) is 12.7 Å². The second-order valence-corrected chi connectivity index (χ2v) is 4.90. The highest BCUT2D eigenvalue weighted by Gasteiger charge is 2.14. The monoisotopic (exact) mass is 208 g/mol. The largest absolute Gasteiger partial charge is 0.383 e. The zero-order valence-electron chi connectivity index (χ0n) is 8.49. The molecule has 1 unspecified atom stereocenters. The Hall–Kier alpha value is -0.700. The average Bonchev–Trinajstić information content (AvgIpc) is 2.69. The summed E-state index contributed by atoms with van der Waals surface area (Å²) in [6.07, 6.45) is 3.20. The van der Waals surface area contributed by atoms with Crippen LogP contribution in [0.25, 0.3) is 0 Å². The zero-order chi connectivity index (χ0) is 9.80. The van der Waals surface area contributed by atoms with Crippen molar-refractivity contribution in [2.45, 2.75) is 13.3 Å². The minimum absolute atomic E-state index is 0.847. The summed E-state index contributed by atoms with van der Waals surface area (Å²) in [4.78, 5) is 4.26. The van der Waals surface area contributed by atoms with Crippen molar-refractivity contribution < 1.29 is 0 Å². The first kappa shape index (κ1) is 9.84. The molecule has 2 nitrogen and oxygen atoms in total. The van der Waals surface area contributed by atoms with Gasteiger partial charge in [0.2, 0.25) is 0 Å². The Labute approximate surface area is 89.5 Å². The van der Waals surface area contributed by atoms with Crippen molar-refractivity contribution in [2.75, 3.05) is 23.4 Å². The second kappa shape index (κ2) is 4.69. The molecule has 3 heteroatoms. The molecule has 14 heavy (non-hydrogen) atoms.